The van der Waals surface area contributed by atoms with Crippen molar-refractivity contribution in [3.63, 3.8) is 0 Å². The average Bonchev–Trinajstić information content (AvgIpc) is 2.87. The van der Waals surface area contributed by atoms with Gasteiger partial charge in [0, 0.05) is 24.2 Å². The molecule has 2 aromatic heterocycles. The van der Waals surface area contributed by atoms with Crippen LogP contribution in [0.15, 0.2) is 23.6 Å². The second-order valence-corrected chi connectivity index (χ2v) is 5.98. The summed E-state index contributed by atoms with van der Waals surface area (Å²) in [5.74, 6) is 0.875. The molecule has 0 unspecified atom stereocenters. The first-order valence-electron chi connectivity index (χ1n) is 6.55. The number of amidine groups is 1. The molecular weight excluding hydrogens is 268 g/mol. The van der Waals surface area contributed by atoms with Crippen LogP contribution in [-0.2, 0) is 6.42 Å². The lowest BCUT2D eigenvalue weighted by Gasteiger charge is -2.22. The Bertz CT molecular complexity index is 605. The van der Waals surface area contributed by atoms with E-state index in [1.807, 2.05) is 27.0 Å². The zero-order chi connectivity index (χ0) is 14.7. The van der Waals surface area contributed by atoms with E-state index >= 15 is 0 Å². The van der Waals surface area contributed by atoms with Crippen molar-refractivity contribution >= 4 is 23.0 Å². The lowest BCUT2D eigenvalue weighted by atomic mass is 10.1. The van der Waals surface area contributed by atoms with Gasteiger partial charge in [0.05, 0.1) is 5.56 Å². The summed E-state index contributed by atoms with van der Waals surface area (Å²) in [5.41, 5.74) is 8.41. The highest BCUT2D eigenvalue weighted by atomic mass is 32.1. The van der Waals surface area contributed by atoms with Gasteiger partial charge in [0.25, 0.3) is 0 Å². The number of hydrogen-bond donors (Lipinski definition) is 2. The second kappa shape index (κ2) is 6.05. The summed E-state index contributed by atoms with van der Waals surface area (Å²) >= 11 is 1.76. The van der Waals surface area contributed by atoms with Crippen LogP contribution in [0.1, 0.15) is 21.7 Å². The highest BCUT2D eigenvalue weighted by Crippen LogP contribution is 2.22. The molecule has 0 saturated heterocycles. The van der Waals surface area contributed by atoms with Gasteiger partial charge in [-0.15, -0.1) is 11.3 Å². The molecule has 0 fully saturated rings. The minimum Gasteiger partial charge on any atom is -0.384 e. The maximum atomic E-state index is 7.77. The summed E-state index contributed by atoms with van der Waals surface area (Å²) in [6, 6.07) is 6.17. The molecule has 5 heteroatoms. The number of nitrogens with one attached hydrogen (secondary N) is 1. The molecular formula is C15H20N4S. The molecule has 0 radical (unpaired) electrons. The van der Waals surface area contributed by atoms with E-state index < -0.39 is 0 Å². The first kappa shape index (κ1) is 14.5. The van der Waals surface area contributed by atoms with Crippen LogP contribution < -0.4 is 10.6 Å². The fourth-order valence-electron chi connectivity index (χ4n) is 2.26. The van der Waals surface area contributed by atoms with Gasteiger partial charge in [0.1, 0.15) is 11.7 Å². The quantitative estimate of drug-likeness (QED) is 0.656. The topological polar surface area (TPSA) is 66.0 Å². The van der Waals surface area contributed by atoms with Crippen LogP contribution in [0.3, 0.4) is 0 Å². The third kappa shape index (κ3) is 3.17. The van der Waals surface area contributed by atoms with Crippen molar-refractivity contribution in [1.82, 2.24) is 4.98 Å². The standard InChI is InChI=1S/C15H20N4S/c1-10-9-11(2)18-15(13(10)14(16)17)19(3)7-6-12-5-4-8-20-12/h4-5,8-9H,6-7H2,1-3H3,(H3,16,17). The lowest BCUT2D eigenvalue weighted by Crippen LogP contribution is -2.26. The minimum absolute atomic E-state index is 0.0768. The largest absolute Gasteiger partial charge is 0.384 e. The van der Waals surface area contributed by atoms with Gasteiger partial charge in [-0.05, 0) is 43.3 Å². The Morgan fingerprint density at radius 2 is 2.20 bits per heavy atom. The van der Waals surface area contributed by atoms with Crippen LogP contribution in [0.2, 0.25) is 0 Å². The summed E-state index contributed by atoms with van der Waals surface area (Å²) in [6.45, 7) is 4.80. The Balaban J connectivity index is 2.24. The number of nitrogen functional groups attached to an aromatic ring is 1. The van der Waals surface area contributed by atoms with Crippen LogP contribution in [0.25, 0.3) is 0 Å². The first-order valence-corrected chi connectivity index (χ1v) is 7.43. The van der Waals surface area contributed by atoms with E-state index in [0.29, 0.717) is 0 Å². The third-order valence-electron chi connectivity index (χ3n) is 3.23. The minimum atomic E-state index is 0.0768. The summed E-state index contributed by atoms with van der Waals surface area (Å²) in [6.07, 6.45) is 0.972. The van der Waals surface area contributed by atoms with Gasteiger partial charge in [0.2, 0.25) is 0 Å². The Hall–Kier alpha value is -1.88. The predicted octanol–water partition coefficient (Wildman–Crippen LogP) is 2.72. The lowest BCUT2D eigenvalue weighted by molar-refractivity contribution is 0.862. The fourth-order valence-corrected chi connectivity index (χ4v) is 2.96. The number of nitrogens with two attached hydrogens (primary N) is 1. The molecule has 0 amide bonds. The van der Waals surface area contributed by atoms with E-state index in [1.54, 1.807) is 11.3 Å². The van der Waals surface area contributed by atoms with E-state index in [4.69, 9.17) is 11.1 Å². The maximum absolute atomic E-state index is 7.77. The van der Waals surface area contributed by atoms with Crippen molar-refractivity contribution in [3.8, 4) is 0 Å². The number of hydrogen-bond acceptors (Lipinski definition) is 4. The second-order valence-electron chi connectivity index (χ2n) is 4.94. The Kier molecular flexibility index (Phi) is 4.39. The molecule has 3 N–H and O–H groups in total. The van der Waals surface area contributed by atoms with Gasteiger partial charge >= 0.3 is 0 Å². The highest BCUT2D eigenvalue weighted by Gasteiger charge is 2.15. The normalized spacial score (nSPS) is 10.6. The molecule has 2 rings (SSSR count). The van der Waals surface area contributed by atoms with E-state index in [2.05, 4.69) is 27.4 Å². The zero-order valence-corrected chi connectivity index (χ0v) is 12.9. The van der Waals surface area contributed by atoms with Crippen LogP contribution in [0.5, 0.6) is 0 Å². The van der Waals surface area contributed by atoms with Gasteiger partial charge in [-0.25, -0.2) is 4.98 Å². The number of aryl methyl sites for hydroxylation is 2. The van der Waals surface area contributed by atoms with Crippen LogP contribution in [-0.4, -0.2) is 24.4 Å². The monoisotopic (exact) mass is 288 g/mol. The summed E-state index contributed by atoms with van der Waals surface area (Å²) in [5, 5.41) is 9.85. The van der Waals surface area contributed by atoms with Gasteiger partial charge < -0.3 is 10.6 Å². The molecule has 20 heavy (non-hydrogen) atoms. The van der Waals surface area contributed by atoms with Crippen molar-refractivity contribution < 1.29 is 0 Å². The van der Waals surface area contributed by atoms with Crippen LogP contribution in [0, 0.1) is 19.3 Å². The van der Waals surface area contributed by atoms with Gasteiger partial charge in [-0.3, -0.25) is 5.41 Å². The zero-order valence-electron chi connectivity index (χ0n) is 12.1. The molecule has 0 aliphatic carbocycles. The molecule has 0 aliphatic rings. The molecule has 4 nitrogen and oxygen atoms in total. The highest BCUT2D eigenvalue weighted by molar-refractivity contribution is 7.09. The SMILES string of the molecule is Cc1cc(C)c(C(=N)N)c(N(C)CCc2cccs2)n1. The molecule has 0 atom stereocenters. The van der Waals surface area contributed by atoms with Crippen molar-refractivity contribution in [3.05, 3.63) is 45.3 Å². The summed E-state index contributed by atoms with van der Waals surface area (Å²) in [4.78, 5) is 8.00. The Morgan fingerprint density at radius 3 is 2.80 bits per heavy atom. The van der Waals surface area contributed by atoms with Crippen molar-refractivity contribution in [2.24, 2.45) is 5.73 Å². The number of nitrogens with zero attached hydrogens (tertiary/aromatic N) is 2. The number of rotatable bonds is 5. The molecule has 0 bridgehead atoms. The number of thiophene rings is 1. The first-order chi connectivity index (χ1) is 9.49. The van der Waals surface area contributed by atoms with Crippen molar-refractivity contribution in [1.29, 1.82) is 5.41 Å². The molecule has 0 saturated carbocycles. The molecule has 2 aromatic rings. The fraction of sp³-hybridized carbons (Fsp3) is 0.333. The maximum Gasteiger partial charge on any atom is 0.139 e. The van der Waals surface area contributed by atoms with E-state index in [9.17, 15) is 0 Å². The Labute approximate surface area is 123 Å². The third-order valence-corrected chi connectivity index (χ3v) is 4.17. The van der Waals surface area contributed by atoms with Gasteiger partial charge in [-0.1, -0.05) is 6.07 Å². The van der Waals surface area contributed by atoms with Gasteiger partial charge in [0.15, 0.2) is 0 Å². The van der Waals surface area contributed by atoms with E-state index in [-0.39, 0.29) is 5.84 Å². The smallest absolute Gasteiger partial charge is 0.139 e. The summed E-state index contributed by atoms with van der Waals surface area (Å²) in [7, 11) is 2.00. The van der Waals surface area contributed by atoms with Crippen molar-refractivity contribution in [2.75, 3.05) is 18.5 Å². The molecule has 0 aromatic carbocycles. The van der Waals surface area contributed by atoms with Crippen molar-refractivity contribution in [2.45, 2.75) is 20.3 Å². The Morgan fingerprint density at radius 1 is 1.45 bits per heavy atom. The number of anilines is 1. The average molecular weight is 288 g/mol. The van der Waals surface area contributed by atoms with Gasteiger partial charge in [-0.2, -0.15) is 0 Å². The number of pyridine rings is 1. The molecule has 0 spiro atoms. The molecule has 0 aliphatic heterocycles. The summed E-state index contributed by atoms with van der Waals surface area (Å²) < 4.78 is 0. The van der Waals surface area contributed by atoms with E-state index in [0.717, 1.165) is 35.6 Å². The molecule has 2 heterocycles. The van der Waals surface area contributed by atoms with E-state index in [1.165, 1.54) is 4.88 Å². The van der Waals surface area contributed by atoms with Crippen LogP contribution >= 0.6 is 11.3 Å². The number of likely N-dealkylation sites (N-methyl/N-ethyl adjacent to an activating group) is 1. The predicted molar refractivity (Wildman–Crippen MR) is 86.0 cm³/mol. The number of aromatic nitrogens is 1. The molecule has 106 valence electrons. The van der Waals surface area contributed by atoms with Crippen LogP contribution in [0.4, 0.5) is 5.82 Å².